The van der Waals surface area contributed by atoms with Crippen LogP contribution in [-0.4, -0.2) is 18.4 Å². The highest BCUT2D eigenvalue weighted by atomic mass is 16.2. The lowest BCUT2D eigenvalue weighted by Gasteiger charge is -2.16. The lowest BCUT2D eigenvalue weighted by atomic mass is 10.1. The van der Waals surface area contributed by atoms with Crippen LogP contribution in [0.4, 0.5) is 11.4 Å². The maximum absolute atomic E-state index is 12.2. The van der Waals surface area contributed by atoms with E-state index in [4.69, 9.17) is 0 Å². The summed E-state index contributed by atoms with van der Waals surface area (Å²) < 4.78 is 0. The molecule has 2 aromatic rings. The van der Waals surface area contributed by atoms with Crippen molar-refractivity contribution in [1.82, 2.24) is 0 Å². The fourth-order valence-electron chi connectivity index (χ4n) is 2.93. The van der Waals surface area contributed by atoms with Crippen molar-refractivity contribution in [3.63, 3.8) is 0 Å². The van der Waals surface area contributed by atoms with E-state index >= 15 is 0 Å². The first-order chi connectivity index (χ1) is 11.7. The van der Waals surface area contributed by atoms with Gasteiger partial charge in [0.1, 0.15) is 0 Å². The Hall–Kier alpha value is -2.62. The van der Waals surface area contributed by atoms with Crippen molar-refractivity contribution in [2.24, 2.45) is 0 Å². The second kappa shape index (κ2) is 7.30. The van der Waals surface area contributed by atoms with Crippen LogP contribution in [0, 0.1) is 0 Å². The molecule has 0 atom stereocenters. The molecular weight excluding hydrogens is 300 g/mol. The average Bonchev–Trinajstić information content (AvgIpc) is 3.02. The number of benzene rings is 2. The number of aryl methyl sites for hydroxylation is 1. The van der Waals surface area contributed by atoms with Gasteiger partial charge >= 0.3 is 0 Å². The quantitative estimate of drug-likeness (QED) is 0.915. The van der Waals surface area contributed by atoms with Crippen LogP contribution >= 0.6 is 0 Å². The predicted molar refractivity (Wildman–Crippen MR) is 96.2 cm³/mol. The van der Waals surface area contributed by atoms with E-state index in [1.54, 1.807) is 4.90 Å². The van der Waals surface area contributed by atoms with Gasteiger partial charge in [0.2, 0.25) is 11.8 Å². The standard InChI is InChI=1S/C20H22N2O2/c1-2-15-5-7-16(8-6-15)14-19(23)21-17-9-11-18(12-10-17)22-13-3-4-20(22)24/h5-12H,2-4,13-14H2,1H3,(H,21,23). The van der Waals surface area contributed by atoms with Crippen LogP contribution in [0.15, 0.2) is 48.5 Å². The number of nitrogens with zero attached hydrogens (tertiary/aromatic N) is 1. The van der Waals surface area contributed by atoms with E-state index in [2.05, 4.69) is 24.4 Å². The third-order valence-corrected chi connectivity index (χ3v) is 4.33. The Morgan fingerprint density at radius 1 is 1.04 bits per heavy atom. The van der Waals surface area contributed by atoms with Crippen LogP contribution in [0.3, 0.4) is 0 Å². The Balaban J connectivity index is 1.58. The van der Waals surface area contributed by atoms with Crippen LogP contribution in [0.25, 0.3) is 0 Å². The molecule has 4 heteroatoms. The fourth-order valence-corrected chi connectivity index (χ4v) is 2.93. The Morgan fingerprint density at radius 2 is 1.71 bits per heavy atom. The summed E-state index contributed by atoms with van der Waals surface area (Å²) >= 11 is 0. The van der Waals surface area contributed by atoms with Gasteiger partial charge in [-0.05, 0) is 48.2 Å². The van der Waals surface area contributed by atoms with Gasteiger partial charge in [0.15, 0.2) is 0 Å². The molecule has 2 aromatic carbocycles. The van der Waals surface area contributed by atoms with Gasteiger partial charge in [-0.3, -0.25) is 9.59 Å². The molecule has 0 aliphatic carbocycles. The van der Waals surface area contributed by atoms with Gasteiger partial charge in [-0.2, -0.15) is 0 Å². The second-order valence-electron chi connectivity index (χ2n) is 6.09. The fraction of sp³-hybridized carbons (Fsp3) is 0.300. The van der Waals surface area contributed by atoms with E-state index in [0.717, 1.165) is 36.3 Å². The van der Waals surface area contributed by atoms with Crippen LogP contribution in [0.5, 0.6) is 0 Å². The lowest BCUT2D eigenvalue weighted by molar-refractivity contribution is -0.117. The summed E-state index contributed by atoms with van der Waals surface area (Å²) in [5.41, 5.74) is 3.92. The second-order valence-corrected chi connectivity index (χ2v) is 6.09. The molecule has 24 heavy (non-hydrogen) atoms. The Labute approximate surface area is 142 Å². The number of amides is 2. The molecule has 0 bridgehead atoms. The molecule has 0 spiro atoms. The summed E-state index contributed by atoms with van der Waals surface area (Å²) in [6.07, 6.45) is 2.89. The third kappa shape index (κ3) is 3.82. The van der Waals surface area contributed by atoms with E-state index in [-0.39, 0.29) is 11.8 Å². The zero-order chi connectivity index (χ0) is 16.9. The number of anilines is 2. The molecule has 4 nitrogen and oxygen atoms in total. The third-order valence-electron chi connectivity index (χ3n) is 4.33. The van der Waals surface area contributed by atoms with Gasteiger partial charge in [-0.1, -0.05) is 31.2 Å². The van der Waals surface area contributed by atoms with Gasteiger partial charge in [0, 0.05) is 24.3 Å². The van der Waals surface area contributed by atoms with Gasteiger partial charge < -0.3 is 10.2 Å². The molecule has 0 unspecified atom stereocenters. The first kappa shape index (κ1) is 16.2. The number of nitrogens with one attached hydrogen (secondary N) is 1. The average molecular weight is 322 g/mol. The van der Waals surface area contributed by atoms with Crippen LogP contribution < -0.4 is 10.2 Å². The monoisotopic (exact) mass is 322 g/mol. The van der Waals surface area contributed by atoms with Gasteiger partial charge in [0.25, 0.3) is 0 Å². The van der Waals surface area contributed by atoms with Crippen molar-refractivity contribution in [2.75, 3.05) is 16.8 Å². The highest BCUT2D eigenvalue weighted by Crippen LogP contribution is 2.23. The summed E-state index contributed by atoms with van der Waals surface area (Å²) in [4.78, 5) is 25.7. The van der Waals surface area contributed by atoms with Crippen LogP contribution in [0.1, 0.15) is 30.9 Å². The summed E-state index contributed by atoms with van der Waals surface area (Å²) in [7, 11) is 0. The van der Waals surface area contributed by atoms with E-state index in [1.807, 2.05) is 36.4 Å². The molecule has 2 amide bonds. The Kier molecular flexibility index (Phi) is 4.94. The minimum absolute atomic E-state index is 0.0377. The van der Waals surface area contributed by atoms with Crippen molar-refractivity contribution >= 4 is 23.2 Å². The summed E-state index contributed by atoms with van der Waals surface area (Å²) in [6.45, 7) is 2.89. The highest BCUT2D eigenvalue weighted by Gasteiger charge is 2.21. The molecule has 124 valence electrons. The van der Waals surface area contributed by atoms with Gasteiger partial charge in [-0.25, -0.2) is 0 Å². The normalized spacial score (nSPS) is 14.0. The van der Waals surface area contributed by atoms with Crippen molar-refractivity contribution in [2.45, 2.75) is 32.6 Å². The molecule has 1 aliphatic heterocycles. The topological polar surface area (TPSA) is 49.4 Å². The highest BCUT2D eigenvalue weighted by molar-refractivity contribution is 5.96. The molecular formula is C20H22N2O2. The Morgan fingerprint density at radius 3 is 2.29 bits per heavy atom. The molecule has 1 aliphatic rings. The maximum Gasteiger partial charge on any atom is 0.228 e. The van der Waals surface area contributed by atoms with Crippen molar-refractivity contribution in [1.29, 1.82) is 0 Å². The number of carbonyl (C=O) groups excluding carboxylic acids is 2. The largest absolute Gasteiger partial charge is 0.326 e. The summed E-state index contributed by atoms with van der Waals surface area (Å²) in [5.74, 6) is 0.131. The number of hydrogen-bond donors (Lipinski definition) is 1. The molecule has 1 heterocycles. The minimum Gasteiger partial charge on any atom is -0.326 e. The van der Waals surface area contributed by atoms with E-state index < -0.39 is 0 Å². The van der Waals surface area contributed by atoms with E-state index in [1.165, 1.54) is 5.56 Å². The predicted octanol–water partition coefficient (Wildman–Crippen LogP) is 3.56. The van der Waals surface area contributed by atoms with Gasteiger partial charge in [-0.15, -0.1) is 0 Å². The minimum atomic E-state index is -0.0377. The molecule has 0 saturated carbocycles. The zero-order valence-corrected chi connectivity index (χ0v) is 13.9. The summed E-state index contributed by atoms with van der Waals surface area (Å²) in [6, 6.07) is 15.6. The molecule has 0 radical (unpaired) electrons. The molecule has 0 aromatic heterocycles. The van der Waals surface area contributed by atoms with Gasteiger partial charge in [0.05, 0.1) is 6.42 Å². The molecule has 1 N–H and O–H groups in total. The lowest BCUT2D eigenvalue weighted by Crippen LogP contribution is -2.23. The van der Waals surface area contributed by atoms with Crippen molar-refractivity contribution in [3.8, 4) is 0 Å². The summed E-state index contributed by atoms with van der Waals surface area (Å²) in [5, 5.41) is 2.91. The first-order valence-electron chi connectivity index (χ1n) is 8.44. The SMILES string of the molecule is CCc1ccc(CC(=O)Nc2ccc(N3CCCC3=O)cc2)cc1. The van der Waals surface area contributed by atoms with Crippen LogP contribution in [0.2, 0.25) is 0 Å². The Bertz CT molecular complexity index is 720. The molecule has 3 rings (SSSR count). The maximum atomic E-state index is 12.2. The number of rotatable bonds is 5. The first-order valence-corrected chi connectivity index (χ1v) is 8.44. The van der Waals surface area contributed by atoms with Crippen molar-refractivity contribution in [3.05, 3.63) is 59.7 Å². The number of hydrogen-bond acceptors (Lipinski definition) is 2. The zero-order valence-electron chi connectivity index (χ0n) is 13.9. The van der Waals surface area contributed by atoms with E-state index in [0.29, 0.717) is 12.8 Å². The number of carbonyl (C=O) groups is 2. The molecule has 1 fully saturated rings. The smallest absolute Gasteiger partial charge is 0.228 e. The van der Waals surface area contributed by atoms with E-state index in [9.17, 15) is 9.59 Å². The molecule has 1 saturated heterocycles. The van der Waals surface area contributed by atoms with Crippen LogP contribution in [-0.2, 0) is 22.4 Å². The van der Waals surface area contributed by atoms with Crippen molar-refractivity contribution < 1.29 is 9.59 Å².